The Morgan fingerprint density at radius 3 is 2.38 bits per heavy atom. The third-order valence-corrected chi connectivity index (χ3v) is 6.13. The van der Waals surface area contributed by atoms with Crippen LogP contribution in [-0.4, -0.2) is 30.4 Å². The lowest BCUT2D eigenvalue weighted by Crippen LogP contribution is -2.41. The Labute approximate surface area is 164 Å². The van der Waals surface area contributed by atoms with Gasteiger partial charge < -0.3 is 14.0 Å². The number of pyridine rings is 1. The van der Waals surface area contributed by atoms with Gasteiger partial charge in [-0.25, -0.2) is 4.98 Å². The zero-order chi connectivity index (χ0) is 18.9. The minimum Gasteiger partial charge on any atom is -0.497 e. The third kappa shape index (κ3) is 4.04. The first-order valence-electron chi connectivity index (χ1n) is 8.49. The van der Waals surface area contributed by atoms with Crippen molar-refractivity contribution in [2.75, 3.05) is 7.11 Å². The van der Waals surface area contributed by atoms with Crippen molar-refractivity contribution in [1.82, 2.24) is 4.98 Å². The van der Waals surface area contributed by atoms with Crippen LogP contribution < -0.4 is 10.2 Å². The molecule has 1 fully saturated rings. The zero-order valence-electron chi connectivity index (χ0n) is 15.7. The van der Waals surface area contributed by atoms with E-state index in [1.807, 2.05) is 45.9 Å². The maximum atomic E-state index is 6.19. The van der Waals surface area contributed by atoms with Gasteiger partial charge >= 0.3 is 7.12 Å². The molecule has 2 heterocycles. The summed E-state index contributed by atoms with van der Waals surface area (Å²) in [6.45, 7) is 8.19. The van der Waals surface area contributed by atoms with Crippen LogP contribution in [0, 0.1) is 0 Å². The maximum Gasteiger partial charge on any atom is 0.498 e. The van der Waals surface area contributed by atoms with E-state index in [2.05, 4.69) is 17.1 Å². The van der Waals surface area contributed by atoms with Gasteiger partial charge in [0.2, 0.25) is 0 Å². The summed E-state index contributed by atoms with van der Waals surface area (Å²) >= 11 is 7.54. The number of hydrogen-bond donors (Lipinski definition) is 0. The summed E-state index contributed by atoms with van der Waals surface area (Å²) in [7, 11) is 1.21. The molecule has 0 bridgehead atoms. The first-order valence-corrected chi connectivity index (χ1v) is 9.85. The summed E-state index contributed by atoms with van der Waals surface area (Å²) in [5.74, 6) is 1.55. The van der Waals surface area contributed by atoms with E-state index in [1.54, 1.807) is 25.1 Å². The highest BCUT2D eigenvalue weighted by Gasteiger charge is 2.52. The molecule has 1 saturated heterocycles. The Hall–Kier alpha value is -1.21. The first-order chi connectivity index (χ1) is 12.2. The molecule has 0 radical (unpaired) electrons. The van der Waals surface area contributed by atoms with Gasteiger partial charge in [0.25, 0.3) is 0 Å². The lowest BCUT2D eigenvalue weighted by Gasteiger charge is -2.32. The van der Waals surface area contributed by atoms with Crippen molar-refractivity contribution in [2.45, 2.75) is 49.7 Å². The standard InChI is InChI=1S/C19H23BClNO3S/c1-18(2)19(3,4)25-20(24-18)15-10-13(6-8-16(15)23-5)12-26-17-9-7-14(21)11-22-17/h6-11H,12H2,1-5H3. The first kappa shape index (κ1) is 19.6. The van der Waals surface area contributed by atoms with Crippen molar-refractivity contribution in [3.8, 4) is 5.75 Å². The Bertz CT molecular complexity index is 767. The molecule has 3 rings (SSSR count). The summed E-state index contributed by atoms with van der Waals surface area (Å²) in [5.41, 5.74) is 1.28. The van der Waals surface area contributed by atoms with Gasteiger partial charge in [0.05, 0.1) is 28.4 Å². The van der Waals surface area contributed by atoms with Crippen molar-refractivity contribution in [1.29, 1.82) is 0 Å². The molecule has 1 aliphatic heterocycles. The van der Waals surface area contributed by atoms with Gasteiger partial charge in [-0.05, 0) is 51.5 Å². The van der Waals surface area contributed by atoms with Crippen LogP contribution in [0.25, 0.3) is 0 Å². The normalized spacial score (nSPS) is 18.2. The number of hydrogen-bond acceptors (Lipinski definition) is 5. The third-order valence-electron chi connectivity index (χ3n) is 4.89. The van der Waals surface area contributed by atoms with E-state index < -0.39 is 7.12 Å². The number of methoxy groups -OCH3 is 1. The van der Waals surface area contributed by atoms with E-state index in [9.17, 15) is 0 Å². The van der Waals surface area contributed by atoms with Crippen LogP contribution in [0.4, 0.5) is 0 Å². The van der Waals surface area contributed by atoms with E-state index >= 15 is 0 Å². The average Bonchev–Trinajstić information content (AvgIpc) is 2.82. The van der Waals surface area contributed by atoms with Gasteiger partial charge in [-0.15, -0.1) is 11.8 Å². The van der Waals surface area contributed by atoms with Gasteiger partial charge in [0.15, 0.2) is 0 Å². The van der Waals surface area contributed by atoms with E-state index in [0.717, 1.165) is 27.6 Å². The van der Waals surface area contributed by atoms with Gasteiger partial charge in [-0.1, -0.05) is 23.7 Å². The SMILES string of the molecule is COc1ccc(CSc2ccc(Cl)cn2)cc1B1OC(C)(C)C(C)(C)O1. The van der Waals surface area contributed by atoms with Crippen molar-refractivity contribution in [2.24, 2.45) is 0 Å². The predicted molar refractivity (Wildman–Crippen MR) is 108 cm³/mol. The number of benzene rings is 1. The van der Waals surface area contributed by atoms with Gasteiger partial charge in [0.1, 0.15) is 5.75 Å². The molecular formula is C19H23BClNO3S. The van der Waals surface area contributed by atoms with Crippen LogP contribution in [0.5, 0.6) is 5.75 Å². The zero-order valence-corrected chi connectivity index (χ0v) is 17.3. The monoisotopic (exact) mass is 391 g/mol. The molecule has 0 spiro atoms. The molecule has 138 valence electrons. The molecule has 0 aliphatic carbocycles. The molecule has 1 aromatic carbocycles. The van der Waals surface area contributed by atoms with Crippen LogP contribution in [0.1, 0.15) is 33.3 Å². The second-order valence-electron chi connectivity index (χ2n) is 7.27. The Kier molecular flexibility index (Phi) is 5.59. The molecule has 26 heavy (non-hydrogen) atoms. The number of thioether (sulfide) groups is 1. The van der Waals surface area contributed by atoms with Crippen molar-refractivity contribution < 1.29 is 14.0 Å². The van der Waals surface area contributed by atoms with Crippen molar-refractivity contribution in [3.63, 3.8) is 0 Å². The Morgan fingerprint density at radius 2 is 1.81 bits per heavy atom. The number of rotatable bonds is 5. The minimum absolute atomic E-state index is 0.388. The minimum atomic E-state index is -0.450. The largest absolute Gasteiger partial charge is 0.498 e. The molecule has 0 amide bonds. The van der Waals surface area contributed by atoms with Gasteiger partial charge in [0, 0.05) is 17.4 Å². The molecule has 4 nitrogen and oxygen atoms in total. The summed E-state index contributed by atoms with van der Waals surface area (Å²) in [4.78, 5) is 4.32. The topological polar surface area (TPSA) is 40.6 Å². The Morgan fingerprint density at radius 1 is 1.12 bits per heavy atom. The molecule has 0 N–H and O–H groups in total. The molecule has 1 aromatic heterocycles. The summed E-state index contributed by atoms with van der Waals surface area (Å²) in [6, 6.07) is 9.87. The molecular weight excluding hydrogens is 369 g/mol. The van der Waals surface area contributed by atoms with Crippen molar-refractivity contribution in [3.05, 3.63) is 47.1 Å². The average molecular weight is 392 g/mol. The molecule has 0 unspecified atom stereocenters. The van der Waals surface area contributed by atoms with E-state index in [1.165, 1.54) is 0 Å². The van der Waals surface area contributed by atoms with Crippen LogP contribution in [0.15, 0.2) is 41.6 Å². The highest BCUT2D eigenvalue weighted by Crippen LogP contribution is 2.37. The Balaban J connectivity index is 1.80. The molecule has 0 atom stereocenters. The number of halogens is 1. The lowest BCUT2D eigenvalue weighted by molar-refractivity contribution is 0.00578. The predicted octanol–water partition coefficient (Wildman–Crippen LogP) is 4.34. The van der Waals surface area contributed by atoms with Crippen LogP contribution in [0.2, 0.25) is 5.02 Å². The van der Waals surface area contributed by atoms with Crippen LogP contribution >= 0.6 is 23.4 Å². The highest BCUT2D eigenvalue weighted by molar-refractivity contribution is 7.98. The number of ether oxygens (including phenoxy) is 1. The lowest BCUT2D eigenvalue weighted by atomic mass is 9.77. The fourth-order valence-corrected chi connectivity index (χ4v) is 3.53. The smallest absolute Gasteiger partial charge is 0.497 e. The quantitative estimate of drug-likeness (QED) is 0.560. The van der Waals surface area contributed by atoms with E-state index in [0.29, 0.717) is 5.02 Å². The fraction of sp³-hybridized carbons (Fsp3) is 0.421. The molecule has 1 aliphatic rings. The molecule has 0 saturated carbocycles. The van der Waals surface area contributed by atoms with Gasteiger partial charge in [-0.2, -0.15) is 0 Å². The number of aromatic nitrogens is 1. The molecule has 2 aromatic rings. The van der Waals surface area contributed by atoms with Crippen molar-refractivity contribution >= 4 is 35.9 Å². The van der Waals surface area contributed by atoms with Crippen LogP contribution in [-0.2, 0) is 15.1 Å². The van der Waals surface area contributed by atoms with Gasteiger partial charge in [-0.3, -0.25) is 0 Å². The number of nitrogens with zero attached hydrogens (tertiary/aromatic N) is 1. The fourth-order valence-electron chi connectivity index (χ4n) is 2.63. The molecule has 7 heteroatoms. The van der Waals surface area contributed by atoms with Crippen LogP contribution in [0.3, 0.4) is 0 Å². The summed E-state index contributed by atoms with van der Waals surface area (Å²) in [5, 5.41) is 1.57. The second-order valence-corrected chi connectivity index (χ2v) is 8.70. The summed E-state index contributed by atoms with van der Waals surface area (Å²) in [6.07, 6.45) is 1.66. The van der Waals surface area contributed by atoms with E-state index in [4.69, 9.17) is 25.6 Å². The second kappa shape index (κ2) is 7.43. The summed E-state index contributed by atoms with van der Waals surface area (Å²) < 4.78 is 17.9. The van der Waals surface area contributed by atoms with E-state index in [-0.39, 0.29) is 11.2 Å². The maximum absolute atomic E-state index is 6.19. The highest BCUT2D eigenvalue weighted by atomic mass is 35.5.